The molecule has 0 bridgehead atoms. The summed E-state index contributed by atoms with van der Waals surface area (Å²) in [6.07, 6.45) is 8.06. The summed E-state index contributed by atoms with van der Waals surface area (Å²) >= 11 is 0. The van der Waals surface area contributed by atoms with Crippen LogP contribution < -0.4 is 9.62 Å². The molecule has 27 heavy (non-hydrogen) atoms. The van der Waals surface area contributed by atoms with Gasteiger partial charge in [0.05, 0.1) is 17.5 Å². The molecular weight excluding hydrogens is 364 g/mol. The normalized spacial score (nSPS) is 20.1. The van der Waals surface area contributed by atoms with Crippen LogP contribution in [0.1, 0.15) is 50.6 Å². The van der Waals surface area contributed by atoms with Gasteiger partial charge in [0.15, 0.2) is 5.66 Å². The molecule has 1 aromatic carbocycles. The molecule has 1 atom stereocenters. The average molecular weight is 388 g/mol. The molecule has 2 aliphatic heterocycles. The van der Waals surface area contributed by atoms with Gasteiger partial charge >= 0.3 is 0 Å². The third-order valence-electron chi connectivity index (χ3n) is 4.94. The Hall–Kier alpha value is -2.40. The molecule has 0 saturated carbocycles. The second-order valence-electron chi connectivity index (χ2n) is 7.01. The first-order valence-corrected chi connectivity index (χ1v) is 10.7. The van der Waals surface area contributed by atoms with Gasteiger partial charge in [-0.05, 0) is 31.0 Å². The number of nitrogens with one attached hydrogen (secondary N) is 1. The molecule has 1 aromatic rings. The summed E-state index contributed by atoms with van der Waals surface area (Å²) in [5, 5.41) is 11.0. The Morgan fingerprint density at radius 3 is 2.81 bits per heavy atom. The van der Waals surface area contributed by atoms with Crippen molar-refractivity contribution in [1.82, 2.24) is 5.32 Å². The summed E-state index contributed by atoms with van der Waals surface area (Å²) in [7, 11) is -3.22. The number of nitrogens with zero attached hydrogens (tertiary/aromatic N) is 3. The summed E-state index contributed by atoms with van der Waals surface area (Å²) in [5.41, 5.74) is 1.05. The molecule has 2 aliphatic rings. The van der Waals surface area contributed by atoms with Crippen LogP contribution in [0.5, 0.6) is 0 Å². The molecule has 8 heteroatoms. The Balaban J connectivity index is 1.57. The second-order valence-corrected chi connectivity index (χ2v) is 9.03. The first-order valence-electron chi connectivity index (χ1n) is 9.12. The molecule has 0 spiro atoms. The van der Waals surface area contributed by atoms with Crippen LogP contribution in [-0.2, 0) is 14.8 Å². The van der Waals surface area contributed by atoms with Gasteiger partial charge in [0.2, 0.25) is 15.9 Å². The molecule has 3 rings (SSSR count). The molecule has 7 nitrogen and oxygen atoms in total. The minimum Gasteiger partial charge on any atom is -0.350 e. The van der Waals surface area contributed by atoms with Gasteiger partial charge in [-0.3, -0.25) is 9.10 Å². The number of terminal acetylenes is 1. The van der Waals surface area contributed by atoms with E-state index in [2.05, 4.69) is 21.5 Å². The highest BCUT2D eigenvalue weighted by Gasteiger charge is 2.39. The SMILES string of the molecule is C#CCCC1(CCC(=O)NC(C)c2cccc(N3CCCS3(=O)=O)c2)N=N1. The van der Waals surface area contributed by atoms with E-state index in [1.54, 1.807) is 6.07 Å². The predicted molar refractivity (Wildman–Crippen MR) is 104 cm³/mol. The summed E-state index contributed by atoms with van der Waals surface area (Å²) in [6.45, 7) is 2.38. The number of anilines is 1. The highest BCUT2D eigenvalue weighted by atomic mass is 32.2. The van der Waals surface area contributed by atoms with Crippen molar-refractivity contribution < 1.29 is 13.2 Å². The molecular formula is C19H24N4O3S. The number of sulfonamides is 1. The van der Waals surface area contributed by atoms with E-state index in [0.717, 1.165) is 5.56 Å². The first kappa shape index (κ1) is 19.4. The van der Waals surface area contributed by atoms with Crippen molar-refractivity contribution in [2.45, 2.75) is 50.7 Å². The van der Waals surface area contributed by atoms with Crippen molar-refractivity contribution in [3.05, 3.63) is 29.8 Å². The van der Waals surface area contributed by atoms with Crippen molar-refractivity contribution in [3.63, 3.8) is 0 Å². The lowest BCUT2D eigenvalue weighted by Crippen LogP contribution is -2.28. The zero-order valence-corrected chi connectivity index (χ0v) is 16.2. The highest BCUT2D eigenvalue weighted by Crippen LogP contribution is 2.37. The molecule has 144 valence electrons. The zero-order chi connectivity index (χ0) is 19.5. The van der Waals surface area contributed by atoms with Gasteiger partial charge in [-0.15, -0.1) is 12.3 Å². The number of benzene rings is 1. The van der Waals surface area contributed by atoms with Gasteiger partial charge in [0.1, 0.15) is 0 Å². The summed E-state index contributed by atoms with van der Waals surface area (Å²) in [6, 6.07) is 7.09. The van der Waals surface area contributed by atoms with Crippen LogP contribution in [0.25, 0.3) is 0 Å². The van der Waals surface area contributed by atoms with Gasteiger partial charge < -0.3 is 5.32 Å². The van der Waals surface area contributed by atoms with Crippen molar-refractivity contribution in [3.8, 4) is 12.3 Å². The van der Waals surface area contributed by atoms with Crippen molar-refractivity contribution in [2.75, 3.05) is 16.6 Å². The van der Waals surface area contributed by atoms with E-state index in [1.807, 2.05) is 25.1 Å². The van der Waals surface area contributed by atoms with Crippen molar-refractivity contribution in [1.29, 1.82) is 0 Å². The molecule has 1 N–H and O–H groups in total. The van der Waals surface area contributed by atoms with Crippen LogP contribution >= 0.6 is 0 Å². The van der Waals surface area contributed by atoms with Gasteiger partial charge in [-0.2, -0.15) is 10.2 Å². The van der Waals surface area contributed by atoms with Crippen LogP contribution in [0.2, 0.25) is 0 Å². The smallest absolute Gasteiger partial charge is 0.235 e. The maximum absolute atomic E-state index is 12.3. The van der Waals surface area contributed by atoms with E-state index in [9.17, 15) is 13.2 Å². The van der Waals surface area contributed by atoms with E-state index in [-0.39, 0.29) is 17.7 Å². The Kier molecular flexibility index (Phi) is 5.51. The van der Waals surface area contributed by atoms with E-state index >= 15 is 0 Å². The summed E-state index contributed by atoms with van der Waals surface area (Å²) < 4.78 is 25.7. The molecule has 0 radical (unpaired) electrons. The van der Waals surface area contributed by atoms with Gasteiger partial charge in [0.25, 0.3) is 0 Å². The number of carbonyl (C=O) groups excluding carboxylic acids is 1. The lowest BCUT2D eigenvalue weighted by Gasteiger charge is -2.20. The first-order chi connectivity index (χ1) is 12.9. The monoisotopic (exact) mass is 388 g/mol. The van der Waals surface area contributed by atoms with Crippen LogP contribution in [0.3, 0.4) is 0 Å². The van der Waals surface area contributed by atoms with E-state index in [4.69, 9.17) is 6.42 Å². The molecule has 0 aliphatic carbocycles. The lowest BCUT2D eigenvalue weighted by atomic mass is 10.0. The van der Waals surface area contributed by atoms with Crippen molar-refractivity contribution >= 4 is 21.6 Å². The Labute approximate surface area is 160 Å². The summed E-state index contributed by atoms with van der Waals surface area (Å²) in [5.74, 6) is 2.67. The minimum absolute atomic E-state index is 0.0842. The highest BCUT2D eigenvalue weighted by molar-refractivity contribution is 7.93. The largest absolute Gasteiger partial charge is 0.350 e. The second kappa shape index (κ2) is 7.69. The molecule has 1 amide bonds. The Bertz CT molecular complexity index is 882. The molecule has 0 aromatic heterocycles. The molecule has 2 heterocycles. The Morgan fingerprint density at radius 2 is 2.19 bits per heavy atom. The Morgan fingerprint density at radius 1 is 1.41 bits per heavy atom. The predicted octanol–water partition coefficient (Wildman–Crippen LogP) is 2.76. The third-order valence-corrected chi connectivity index (χ3v) is 6.81. The zero-order valence-electron chi connectivity index (χ0n) is 15.4. The van der Waals surface area contributed by atoms with Crippen LogP contribution in [0.4, 0.5) is 5.69 Å². The third kappa shape index (κ3) is 4.66. The number of hydrogen-bond donors (Lipinski definition) is 1. The fraction of sp³-hybridized carbons (Fsp3) is 0.526. The van der Waals surface area contributed by atoms with Gasteiger partial charge in [-0.1, -0.05) is 12.1 Å². The van der Waals surface area contributed by atoms with Gasteiger partial charge in [0, 0.05) is 32.2 Å². The number of rotatable bonds is 8. The topological polar surface area (TPSA) is 91.2 Å². The van der Waals surface area contributed by atoms with E-state index < -0.39 is 15.7 Å². The maximum atomic E-state index is 12.3. The van der Waals surface area contributed by atoms with E-state index in [1.165, 1.54) is 4.31 Å². The fourth-order valence-electron chi connectivity index (χ4n) is 3.26. The van der Waals surface area contributed by atoms with Crippen LogP contribution in [0.15, 0.2) is 34.5 Å². The quantitative estimate of drug-likeness (QED) is 0.694. The molecule has 1 unspecified atom stereocenters. The average Bonchev–Trinajstić information content (AvgIpc) is 3.33. The maximum Gasteiger partial charge on any atom is 0.235 e. The minimum atomic E-state index is -3.22. The number of amides is 1. The van der Waals surface area contributed by atoms with Crippen molar-refractivity contribution in [2.24, 2.45) is 10.2 Å². The number of carbonyl (C=O) groups is 1. The van der Waals surface area contributed by atoms with Crippen LogP contribution in [0, 0.1) is 12.3 Å². The van der Waals surface area contributed by atoms with E-state index in [0.29, 0.717) is 44.3 Å². The standard InChI is InChI=1S/C19H24N4O3S/c1-3-4-10-19(21-22-19)11-9-18(24)20-15(2)16-7-5-8-17(14-16)23-12-6-13-27(23,25)26/h1,5,7-8,14-15H,4,6,9-13H2,2H3,(H,20,24). The van der Waals surface area contributed by atoms with Gasteiger partial charge in [-0.25, -0.2) is 8.42 Å². The summed E-state index contributed by atoms with van der Waals surface area (Å²) in [4.78, 5) is 12.3. The lowest BCUT2D eigenvalue weighted by molar-refractivity contribution is -0.122. The van der Waals surface area contributed by atoms with Crippen LogP contribution in [-0.4, -0.2) is 32.3 Å². The fourth-order valence-corrected chi connectivity index (χ4v) is 4.81. The number of hydrogen-bond acceptors (Lipinski definition) is 5. The molecule has 1 saturated heterocycles. The molecule has 1 fully saturated rings.